The van der Waals surface area contributed by atoms with Gasteiger partial charge in [-0.15, -0.1) is 11.3 Å². The molecule has 168 valence electrons. The topological polar surface area (TPSA) is 107 Å². The maximum absolute atomic E-state index is 12.6. The van der Waals surface area contributed by atoms with Crippen molar-refractivity contribution in [3.05, 3.63) is 52.0 Å². The first-order chi connectivity index (χ1) is 14.9. The maximum Gasteiger partial charge on any atom is 0.408 e. The SMILES string of the molecule is CCOC(=O)c1csc(CCNC(=O)[C@H](CC(C)C)NC(=O)OCc2ccccc2)n1. The fourth-order valence-electron chi connectivity index (χ4n) is 2.75. The number of amides is 2. The van der Waals surface area contributed by atoms with E-state index in [9.17, 15) is 14.4 Å². The second-order valence-corrected chi connectivity index (χ2v) is 8.22. The maximum atomic E-state index is 12.6. The van der Waals surface area contributed by atoms with Gasteiger partial charge in [0.2, 0.25) is 5.91 Å². The molecule has 9 heteroatoms. The van der Waals surface area contributed by atoms with Crippen LogP contribution in [0.4, 0.5) is 4.79 Å². The molecule has 0 aliphatic carbocycles. The highest BCUT2D eigenvalue weighted by Gasteiger charge is 2.22. The predicted molar refractivity (Wildman–Crippen MR) is 118 cm³/mol. The monoisotopic (exact) mass is 447 g/mol. The van der Waals surface area contributed by atoms with Gasteiger partial charge in [-0.05, 0) is 24.8 Å². The third-order valence-electron chi connectivity index (χ3n) is 4.20. The number of thiazole rings is 1. The molecule has 0 spiro atoms. The quantitative estimate of drug-likeness (QED) is 0.512. The van der Waals surface area contributed by atoms with Crippen LogP contribution < -0.4 is 10.6 Å². The van der Waals surface area contributed by atoms with Crippen LogP contribution in [0.1, 0.15) is 48.3 Å². The van der Waals surface area contributed by atoms with Gasteiger partial charge in [0.25, 0.3) is 0 Å². The van der Waals surface area contributed by atoms with E-state index >= 15 is 0 Å². The highest BCUT2D eigenvalue weighted by molar-refractivity contribution is 7.09. The Balaban J connectivity index is 1.82. The summed E-state index contributed by atoms with van der Waals surface area (Å²) in [5.74, 6) is -0.534. The van der Waals surface area contributed by atoms with Crippen LogP contribution in [-0.4, -0.2) is 42.1 Å². The predicted octanol–water partition coefficient (Wildman–Crippen LogP) is 3.32. The summed E-state index contributed by atoms with van der Waals surface area (Å²) in [5, 5.41) is 7.83. The van der Waals surface area contributed by atoms with Crippen molar-refractivity contribution in [1.29, 1.82) is 0 Å². The van der Waals surface area contributed by atoms with Crippen LogP contribution in [0.15, 0.2) is 35.7 Å². The lowest BCUT2D eigenvalue weighted by Crippen LogP contribution is -2.48. The molecular weight excluding hydrogens is 418 g/mol. The summed E-state index contributed by atoms with van der Waals surface area (Å²) in [6.45, 7) is 6.45. The highest BCUT2D eigenvalue weighted by atomic mass is 32.1. The summed E-state index contributed by atoms with van der Waals surface area (Å²) in [6.07, 6.45) is 0.322. The normalized spacial score (nSPS) is 11.6. The van der Waals surface area contributed by atoms with Crippen molar-refractivity contribution < 1.29 is 23.9 Å². The summed E-state index contributed by atoms with van der Waals surface area (Å²) >= 11 is 1.34. The number of rotatable bonds is 11. The van der Waals surface area contributed by atoms with E-state index < -0.39 is 18.1 Å². The standard InChI is InChI=1S/C22H29N3O5S/c1-4-29-21(27)18-14-31-19(24-18)10-11-23-20(26)17(12-15(2)3)25-22(28)30-13-16-8-6-5-7-9-16/h5-9,14-15,17H,4,10-13H2,1-3H3,(H,23,26)(H,25,28)/t17-/m0/s1. The third-order valence-corrected chi connectivity index (χ3v) is 5.11. The molecule has 0 unspecified atom stereocenters. The molecule has 2 rings (SSSR count). The van der Waals surface area contributed by atoms with Crippen LogP contribution >= 0.6 is 11.3 Å². The van der Waals surface area contributed by atoms with Gasteiger partial charge >= 0.3 is 12.1 Å². The van der Waals surface area contributed by atoms with E-state index in [1.54, 1.807) is 12.3 Å². The molecule has 2 amide bonds. The largest absolute Gasteiger partial charge is 0.461 e. The zero-order valence-electron chi connectivity index (χ0n) is 18.1. The van der Waals surface area contributed by atoms with Crippen molar-refractivity contribution in [3.8, 4) is 0 Å². The smallest absolute Gasteiger partial charge is 0.408 e. The van der Waals surface area contributed by atoms with Crippen molar-refractivity contribution in [3.63, 3.8) is 0 Å². The third kappa shape index (κ3) is 8.75. The number of hydrogen-bond acceptors (Lipinski definition) is 7. The number of hydrogen-bond donors (Lipinski definition) is 2. The van der Waals surface area contributed by atoms with Crippen LogP contribution in [0.25, 0.3) is 0 Å². The van der Waals surface area contributed by atoms with E-state index in [2.05, 4.69) is 15.6 Å². The Labute approximate surface area is 186 Å². The Morgan fingerprint density at radius 2 is 1.87 bits per heavy atom. The van der Waals surface area contributed by atoms with Gasteiger partial charge in [-0.3, -0.25) is 4.79 Å². The van der Waals surface area contributed by atoms with Crippen LogP contribution in [-0.2, 0) is 27.3 Å². The fraction of sp³-hybridized carbons (Fsp3) is 0.455. The average Bonchev–Trinajstić information content (AvgIpc) is 3.21. The molecule has 31 heavy (non-hydrogen) atoms. The summed E-state index contributed by atoms with van der Waals surface area (Å²) in [7, 11) is 0. The number of esters is 1. The van der Waals surface area contributed by atoms with Gasteiger partial charge in [-0.2, -0.15) is 0 Å². The van der Waals surface area contributed by atoms with E-state index in [1.807, 2.05) is 44.2 Å². The lowest BCUT2D eigenvalue weighted by atomic mass is 10.0. The van der Waals surface area contributed by atoms with Gasteiger partial charge in [-0.1, -0.05) is 44.2 Å². The Morgan fingerprint density at radius 3 is 2.55 bits per heavy atom. The lowest BCUT2D eigenvalue weighted by molar-refractivity contribution is -0.123. The molecule has 0 fully saturated rings. The van der Waals surface area contributed by atoms with E-state index in [1.165, 1.54) is 11.3 Å². The van der Waals surface area contributed by atoms with Crippen LogP contribution in [0.2, 0.25) is 0 Å². The molecule has 2 aromatic rings. The Morgan fingerprint density at radius 1 is 1.13 bits per heavy atom. The van der Waals surface area contributed by atoms with Gasteiger partial charge in [0.15, 0.2) is 5.69 Å². The number of nitrogens with one attached hydrogen (secondary N) is 2. The van der Waals surface area contributed by atoms with E-state index in [4.69, 9.17) is 9.47 Å². The number of carbonyl (C=O) groups excluding carboxylic acids is 3. The summed E-state index contributed by atoms with van der Waals surface area (Å²) in [5.41, 5.74) is 1.14. The number of carbonyl (C=O) groups is 3. The van der Waals surface area contributed by atoms with Crippen molar-refractivity contribution in [1.82, 2.24) is 15.6 Å². The van der Waals surface area contributed by atoms with Gasteiger partial charge in [0, 0.05) is 18.3 Å². The van der Waals surface area contributed by atoms with Gasteiger partial charge < -0.3 is 20.1 Å². The molecular formula is C22H29N3O5S. The first-order valence-electron chi connectivity index (χ1n) is 10.3. The number of benzene rings is 1. The summed E-state index contributed by atoms with van der Waals surface area (Å²) in [6, 6.07) is 8.63. The van der Waals surface area contributed by atoms with E-state index in [-0.39, 0.29) is 24.1 Å². The van der Waals surface area contributed by atoms with E-state index in [0.717, 1.165) is 10.6 Å². The van der Waals surface area contributed by atoms with Crippen LogP contribution in [0.5, 0.6) is 0 Å². The average molecular weight is 448 g/mol. The number of aromatic nitrogens is 1. The molecule has 1 aromatic carbocycles. The molecule has 1 heterocycles. The Hall–Kier alpha value is -2.94. The molecule has 1 aromatic heterocycles. The van der Waals surface area contributed by atoms with Gasteiger partial charge in [0.1, 0.15) is 12.6 Å². The summed E-state index contributed by atoms with van der Waals surface area (Å²) in [4.78, 5) is 40.7. The second kappa shape index (κ2) is 12.7. The zero-order chi connectivity index (χ0) is 22.6. The first-order valence-corrected chi connectivity index (χ1v) is 11.1. The molecule has 2 N–H and O–H groups in total. The molecule has 8 nitrogen and oxygen atoms in total. The van der Waals surface area contributed by atoms with Crippen molar-refractivity contribution in [2.75, 3.05) is 13.2 Å². The molecule has 1 atom stereocenters. The number of alkyl carbamates (subject to hydrolysis) is 1. The Bertz CT molecular complexity index is 854. The minimum Gasteiger partial charge on any atom is -0.461 e. The lowest BCUT2D eigenvalue weighted by Gasteiger charge is -2.20. The molecule has 0 aliphatic heterocycles. The van der Waals surface area contributed by atoms with Crippen LogP contribution in [0.3, 0.4) is 0 Å². The molecule has 0 radical (unpaired) electrons. The second-order valence-electron chi connectivity index (χ2n) is 7.28. The summed E-state index contributed by atoms with van der Waals surface area (Å²) < 4.78 is 10.1. The fourth-order valence-corrected chi connectivity index (χ4v) is 3.52. The minimum atomic E-state index is -0.699. The van der Waals surface area contributed by atoms with Crippen molar-refractivity contribution in [2.24, 2.45) is 5.92 Å². The number of ether oxygens (including phenoxy) is 2. The molecule has 0 saturated carbocycles. The number of nitrogens with zero attached hydrogens (tertiary/aromatic N) is 1. The first kappa shape index (κ1) is 24.3. The van der Waals surface area contributed by atoms with Gasteiger partial charge in [-0.25, -0.2) is 14.6 Å². The Kier molecular flexibility index (Phi) is 9.96. The van der Waals surface area contributed by atoms with Crippen LogP contribution in [0, 0.1) is 5.92 Å². The molecule has 0 bridgehead atoms. The molecule has 0 saturated heterocycles. The van der Waals surface area contributed by atoms with Gasteiger partial charge in [0.05, 0.1) is 11.6 Å². The van der Waals surface area contributed by atoms with E-state index in [0.29, 0.717) is 26.0 Å². The van der Waals surface area contributed by atoms with Crippen molar-refractivity contribution >= 4 is 29.3 Å². The highest BCUT2D eigenvalue weighted by Crippen LogP contribution is 2.11. The zero-order valence-corrected chi connectivity index (χ0v) is 18.9. The molecule has 0 aliphatic rings. The minimum absolute atomic E-state index is 0.134. The van der Waals surface area contributed by atoms with Crippen molar-refractivity contribution in [2.45, 2.75) is 46.3 Å².